The van der Waals surface area contributed by atoms with Crippen LogP contribution in [0.25, 0.3) is 0 Å². The summed E-state index contributed by atoms with van der Waals surface area (Å²) < 4.78 is 0. The van der Waals surface area contributed by atoms with Crippen LogP contribution in [0.3, 0.4) is 0 Å². The Bertz CT molecular complexity index is 478. The molecular formula is C14H18N2O4. The fraction of sp³-hybridized carbons (Fsp3) is 0.429. The van der Waals surface area contributed by atoms with Gasteiger partial charge in [-0.1, -0.05) is 12.1 Å². The van der Waals surface area contributed by atoms with Crippen LogP contribution in [0.5, 0.6) is 5.75 Å². The van der Waals surface area contributed by atoms with Crippen molar-refractivity contribution >= 4 is 11.9 Å². The molecule has 1 saturated heterocycles. The Morgan fingerprint density at radius 3 is 2.35 bits per heavy atom. The monoisotopic (exact) mass is 278 g/mol. The van der Waals surface area contributed by atoms with E-state index in [4.69, 9.17) is 5.11 Å². The number of nitrogens with zero attached hydrogens (tertiary/aromatic N) is 1. The maximum absolute atomic E-state index is 11.1. The number of hydrogen-bond donors (Lipinski definition) is 3. The van der Waals surface area contributed by atoms with Crippen LogP contribution in [0.2, 0.25) is 0 Å². The van der Waals surface area contributed by atoms with Gasteiger partial charge in [-0.25, -0.2) is 4.79 Å². The van der Waals surface area contributed by atoms with E-state index in [1.165, 1.54) is 0 Å². The highest BCUT2D eigenvalue weighted by molar-refractivity contribution is 6.31. The quantitative estimate of drug-likeness (QED) is 0.703. The van der Waals surface area contributed by atoms with Crippen LogP contribution < -0.4 is 5.32 Å². The van der Waals surface area contributed by atoms with Crippen molar-refractivity contribution < 1.29 is 19.8 Å². The fourth-order valence-corrected chi connectivity index (χ4v) is 2.34. The number of piperidine rings is 1. The van der Waals surface area contributed by atoms with E-state index < -0.39 is 11.9 Å². The molecule has 0 aromatic heterocycles. The van der Waals surface area contributed by atoms with E-state index in [-0.39, 0.29) is 11.8 Å². The number of phenols is 1. The lowest BCUT2D eigenvalue weighted by Gasteiger charge is -2.32. The molecule has 108 valence electrons. The van der Waals surface area contributed by atoms with E-state index >= 15 is 0 Å². The third-order valence-electron chi connectivity index (χ3n) is 3.46. The zero-order valence-corrected chi connectivity index (χ0v) is 11.1. The Kier molecular flexibility index (Phi) is 4.57. The summed E-state index contributed by atoms with van der Waals surface area (Å²) in [6.07, 6.45) is 1.49. The Morgan fingerprint density at radius 2 is 1.80 bits per heavy atom. The molecule has 1 fully saturated rings. The average Bonchev–Trinajstić information content (AvgIpc) is 2.43. The molecule has 1 aromatic carbocycles. The highest BCUT2D eigenvalue weighted by Crippen LogP contribution is 2.16. The maximum atomic E-state index is 11.1. The SMILES string of the molecule is O=C(O)C(=O)NC1CCN(Cc2ccc(O)cc2)CC1. The zero-order chi connectivity index (χ0) is 14.5. The van der Waals surface area contributed by atoms with Crippen molar-refractivity contribution in [1.82, 2.24) is 10.2 Å². The van der Waals surface area contributed by atoms with Gasteiger partial charge in [0.15, 0.2) is 0 Å². The predicted molar refractivity (Wildman–Crippen MR) is 72.2 cm³/mol. The smallest absolute Gasteiger partial charge is 0.394 e. The summed E-state index contributed by atoms with van der Waals surface area (Å²) >= 11 is 0. The average molecular weight is 278 g/mol. The van der Waals surface area contributed by atoms with Gasteiger partial charge < -0.3 is 15.5 Å². The second-order valence-corrected chi connectivity index (χ2v) is 5.00. The number of aromatic hydroxyl groups is 1. The molecule has 6 heteroatoms. The molecule has 0 radical (unpaired) electrons. The normalized spacial score (nSPS) is 16.8. The number of rotatable bonds is 3. The van der Waals surface area contributed by atoms with Crippen molar-refractivity contribution in [3.05, 3.63) is 29.8 Å². The van der Waals surface area contributed by atoms with Gasteiger partial charge >= 0.3 is 11.9 Å². The molecule has 0 unspecified atom stereocenters. The van der Waals surface area contributed by atoms with Crippen LogP contribution in [0.15, 0.2) is 24.3 Å². The Morgan fingerprint density at radius 1 is 1.20 bits per heavy atom. The van der Waals surface area contributed by atoms with E-state index in [0.29, 0.717) is 0 Å². The van der Waals surface area contributed by atoms with E-state index in [0.717, 1.165) is 38.0 Å². The van der Waals surface area contributed by atoms with Crippen molar-refractivity contribution in [3.63, 3.8) is 0 Å². The standard InChI is InChI=1S/C14H18N2O4/c17-12-3-1-10(2-4-12)9-16-7-5-11(6-8-16)15-13(18)14(19)20/h1-4,11,17H,5-9H2,(H,15,18)(H,19,20). The first-order valence-electron chi connectivity index (χ1n) is 6.58. The number of carboxylic acid groups (broad SMARTS) is 1. The van der Waals surface area contributed by atoms with Gasteiger partial charge in [0.25, 0.3) is 0 Å². The molecule has 0 bridgehead atoms. The molecule has 0 aliphatic carbocycles. The van der Waals surface area contributed by atoms with E-state index in [1.54, 1.807) is 12.1 Å². The van der Waals surface area contributed by atoms with Gasteiger partial charge in [0.1, 0.15) is 5.75 Å². The first-order valence-corrected chi connectivity index (χ1v) is 6.58. The van der Waals surface area contributed by atoms with E-state index in [1.807, 2.05) is 12.1 Å². The number of nitrogens with one attached hydrogen (secondary N) is 1. The molecule has 1 heterocycles. The minimum atomic E-state index is -1.43. The van der Waals surface area contributed by atoms with Crippen molar-refractivity contribution in [3.8, 4) is 5.75 Å². The number of aliphatic carboxylic acids is 1. The van der Waals surface area contributed by atoms with Crippen molar-refractivity contribution in [1.29, 1.82) is 0 Å². The van der Waals surface area contributed by atoms with Crippen LogP contribution in [0, 0.1) is 0 Å². The second-order valence-electron chi connectivity index (χ2n) is 5.00. The minimum Gasteiger partial charge on any atom is -0.508 e. The molecule has 0 atom stereocenters. The van der Waals surface area contributed by atoms with Gasteiger partial charge in [-0.15, -0.1) is 0 Å². The lowest BCUT2D eigenvalue weighted by atomic mass is 10.0. The summed E-state index contributed by atoms with van der Waals surface area (Å²) in [7, 11) is 0. The number of carboxylic acids is 1. The van der Waals surface area contributed by atoms with Crippen LogP contribution in [-0.2, 0) is 16.1 Å². The van der Waals surface area contributed by atoms with Crippen LogP contribution in [-0.4, -0.2) is 46.1 Å². The number of likely N-dealkylation sites (tertiary alicyclic amines) is 1. The van der Waals surface area contributed by atoms with Gasteiger partial charge in [-0.05, 0) is 30.5 Å². The minimum absolute atomic E-state index is 0.0605. The molecule has 20 heavy (non-hydrogen) atoms. The highest BCUT2D eigenvalue weighted by Gasteiger charge is 2.22. The highest BCUT2D eigenvalue weighted by atomic mass is 16.4. The maximum Gasteiger partial charge on any atom is 0.394 e. The summed E-state index contributed by atoms with van der Waals surface area (Å²) in [6, 6.07) is 7.03. The molecule has 1 aromatic rings. The molecular weight excluding hydrogens is 260 g/mol. The number of hydrogen-bond acceptors (Lipinski definition) is 4. The molecule has 1 aliphatic rings. The fourth-order valence-electron chi connectivity index (χ4n) is 2.34. The van der Waals surface area contributed by atoms with Gasteiger partial charge in [0.2, 0.25) is 0 Å². The van der Waals surface area contributed by atoms with Gasteiger partial charge in [0, 0.05) is 25.7 Å². The van der Waals surface area contributed by atoms with Crippen LogP contribution >= 0.6 is 0 Å². The third kappa shape index (κ3) is 3.96. The molecule has 1 amide bonds. The summed E-state index contributed by atoms with van der Waals surface area (Å²) in [6.45, 7) is 2.41. The number of phenolic OH excluding ortho intramolecular Hbond substituents is 1. The van der Waals surface area contributed by atoms with E-state index in [2.05, 4.69) is 10.2 Å². The third-order valence-corrected chi connectivity index (χ3v) is 3.46. The first-order chi connectivity index (χ1) is 9.54. The number of amides is 1. The Balaban J connectivity index is 1.78. The molecule has 1 aliphatic heterocycles. The van der Waals surface area contributed by atoms with Crippen molar-refractivity contribution in [2.75, 3.05) is 13.1 Å². The number of carbonyl (C=O) groups is 2. The van der Waals surface area contributed by atoms with Crippen LogP contribution in [0.1, 0.15) is 18.4 Å². The summed E-state index contributed by atoms with van der Waals surface area (Å²) in [5, 5.41) is 20.3. The topological polar surface area (TPSA) is 89.9 Å². The Hall–Kier alpha value is -2.08. The number of carbonyl (C=O) groups excluding carboxylic acids is 1. The number of benzene rings is 1. The van der Waals surface area contributed by atoms with E-state index in [9.17, 15) is 14.7 Å². The molecule has 2 rings (SSSR count). The molecule has 0 spiro atoms. The second kappa shape index (κ2) is 6.38. The molecule has 3 N–H and O–H groups in total. The van der Waals surface area contributed by atoms with Gasteiger partial charge in [-0.2, -0.15) is 0 Å². The molecule has 0 saturated carbocycles. The lowest BCUT2D eigenvalue weighted by Crippen LogP contribution is -2.46. The van der Waals surface area contributed by atoms with Gasteiger partial charge in [-0.3, -0.25) is 9.69 Å². The summed E-state index contributed by atoms with van der Waals surface area (Å²) in [4.78, 5) is 23.8. The Labute approximate surface area is 117 Å². The van der Waals surface area contributed by atoms with Gasteiger partial charge in [0.05, 0.1) is 0 Å². The van der Waals surface area contributed by atoms with Crippen molar-refractivity contribution in [2.45, 2.75) is 25.4 Å². The lowest BCUT2D eigenvalue weighted by molar-refractivity contribution is -0.150. The zero-order valence-electron chi connectivity index (χ0n) is 11.1. The predicted octanol–water partition coefficient (Wildman–Crippen LogP) is 0.557. The summed E-state index contributed by atoms with van der Waals surface area (Å²) in [5.74, 6) is -2.11. The summed E-state index contributed by atoms with van der Waals surface area (Å²) in [5.41, 5.74) is 1.12. The molecule has 6 nitrogen and oxygen atoms in total. The first kappa shape index (κ1) is 14.3. The van der Waals surface area contributed by atoms with Crippen molar-refractivity contribution in [2.24, 2.45) is 0 Å². The van der Waals surface area contributed by atoms with Crippen LogP contribution in [0.4, 0.5) is 0 Å². The largest absolute Gasteiger partial charge is 0.508 e.